The minimum atomic E-state index is 0.729. The summed E-state index contributed by atoms with van der Waals surface area (Å²) in [6, 6.07) is 0. The van der Waals surface area contributed by atoms with E-state index in [1.165, 1.54) is 12.8 Å². The lowest BCUT2D eigenvalue weighted by atomic mass is 10.00. The molecule has 0 N–H and O–H groups in total. The van der Waals surface area contributed by atoms with E-state index in [9.17, 15) is 0 Å². The molecule has 1 aliphatic rings. The van der Waals surface area contributed by atoms with E-state index in [4.69, 9.17) is 9.47 Å². The summed E-state index contributed by atoms with van der Waals surface area (Å²) in [5.74, 6) is 1.88. The van der Waals surface area contributed by atoms with Crippen LogP contribution in [0.15, 0.2) is 12.4 Å². The average Bonchev–Trinajstić information content (AvgIpc) is 2.84. The molecule has 2 heterocycles. The number of methoxy groups -OCH3 is 1. The monoisotopic (exact) mass is 267 g/mol. The van der Waals surface area contributed by atoms with Gasteiger partial charge in [-0.2, -0.15) is 0 Å². The lowest BCUT2D eigenvalue weighted by Crippen LogP contribution is -2.30. The average molecular weight is 267 g/mol. The summed E-state index contributed by atoms with van der Waals surface area (Å²) in [5.41, 5.74) is 0. The van der Waals surface area contributed by atoms with Gasteiger partial charge in [-0.25, -0.2) is 4.98 Å². The molecule has 1 fully saturated rings. The standard InChI is InChI=1S/C14H25N3O2/c1-16(11-13-3-8-19-9-4-13)12-14-15-5-6-17(14)7-10-18-2/h5-6,13H,3-4,7-12H2,1-2H3. The van der Waals surface area contributed by atoms with Gasteiger partial charge in [0.1, 0.15) is 5.82 Å². The molecule has 2 rings (SSSR count). The zero-order valence-corrected chi connectivity index (χ0v) is 12.0. The van der Waals surface area contributed by atoms with Crippen LogP contribution < -0.4 is 0 Å². The maximum Gasteiger partial charge on any atom is 0.122 e. The third-order valence-corrected chi connectivity index (χ3v) is 3.66. The normalized spacial score (nSPS) is 17.2. The van der Waals surface area contributed by atoms with Gasteiger partial charge in [-0.05, 0) is 25.8 Å². The summed E-state index contributed by atoms with van der Waals surface area (Å²) in [5, 5.41) is 0. The molecule has 0 aliphatic carbocycles. The largest absolute Gasteiger partial charge is 0.383 e. The molecule has 19 heavy (non-hydrogen) atoms. The first-order valence-electron chi connectivity index (χ1n) is 7.05. The van der Waals surface area contributed by atoms with Crippen molar-refractivity contribution < 1.29 is 9.47 Å². The van der Waals surface area contributed by atoms with Crippen LogP contribution in [0, 0.1) is 5.92 Å². The van der Waals surface area contributed by atoms with E-state index in [1.54, 1.807) is 7.11 Å². The number of aromatic nitrogens is 2. The molecule has 0 bridgehead atoms. The summed E-state index contributed by atoms with van der Waals surface area (Å²) in [7, 11) is 3.90. The molecular weight excluding hydrogens is 242 g/mol. The van der Waals surface area contributed by atoms with Crippen molar-refractivity contribution in [2.24, 2.45) is 5.92 Å². The fourth-order valence-corrected chi connectivity index (χ4v) is 2.56. The van der Waals surface area contributed by atoms with Gasteiger partial charge in [-0.1, -0.05) is 0 Å². The highest BCUT2D eigenvalue weighted by atomic mass is 16.5. The van der Waals surface area contributed by atoms with Crippen molar-refractivity contribution in [1.82, 2.24) is 14.5 Å². The van der Waals surface area contributed by atoms with Crippen LogP contribution in [0.25, 0.3) is 0 Å². The third kappa shape index (κ3) is 4.60. The molecule has 5 heteroatoms. The second-order valence-electron chi connectivity index (χ2n) is 5.28. The van der Waals surface area contributed by atoms with Crippen LogP contribution in [0.2, 0.25) is 0 Å². The molecule has 0 spiro atoms. The van der Waals surface area contributed by atoms with E-state index in [2.05, 4.69) is 21.5 Å². The zero-order valence-electron chi connectivity index (χ0n) is 12.0. The number of hydrogen-bond donors (Lipinski definition) is 0. The Hall–Kier alpha value is -0.910. The summed E-state index contributed by atoms with van der Waals surface area (Å²) in [4.78, 5) is 6.81. The van der Waals surface area contributed by atoms with E-state index in [-0.39, 0.29) is 0 Å². The van der Waals surface area contributed by atoms with Gasteiger partial charge in [0.15, 0.2) is 0 Å². The third-order valence-electron chi connectivity index (χ3n) is 3.66. The first-order chi connectivity index (χ1) is 9.29. The SMILES string of the molecule is COCCn1ccnc1CN(C)CC1CCOCC1. The predicted octanol–water partition coefficient (Wildman–Crippen LogP) is 1.39. The quantitative estimate of drug-likeness (QED) is 0.748. The minimum absolute atomic E-state index is 0.729. The van der Waals surface area contributed by atoms with E-state index < -0.39 is 0 Å². The maximum absolute atomic E-state index is 5.40. The molecular formula is C14H25N3O2. The van der Waals surface area contributed by atoms with Crippen LogP contribution in [0.5, 0.6) is 0 Å². The van der Waals surface area contributed by atoms with Crippen molar-refractivity contribution in [1.29, 1.82) is 0 Å². The first-order valence-corrected chi connectivity index (χ1v) is 7.05. The van der Waals surface area contributed by atoms with Gasteiger partial charge in [-0.3, -0.25) is 4.90 Å². The van der Waals surface area contributed by atoms with E-state index >= 15 is 0 Å². The van der Waals surface area contributed by atoms with Crippen molar-refractivity contribution >= 4 is 0 Å². The Morgan fingerprint density at radius 2 is 2.26 bits per heavy atom. The predicted molar refractivity (Wildman–Crippen MR) is 74.0 cm³/mol. The molecule has 0 unspecified atom stereocenters. The summed E-state index contributed by atoms with van der Waals surface area (Å²) in [6.07, 6.45) is 6.26. The Balaban J connectivity index is 1.80. The molecule has 1 saturated heterocycles. The Kier molecular flexibility index (Phi) is 5.82. The van der Waals surface area contributed by atoms with Crippen molar-refractivity contribution in [3.05, 3.63) is 18.2 Å². The van der Waals surface area contributed by atoms with E-state index in [1.807, 2.05) is 12.4 Å². The second kappa shape index (κ2) is 7.62. The van der Waals surface area contributed by atoms with E-state index in [0.29, 0.717) is 0 Å². The van der Waals surface area contributed by atoms with Crippen molar-refractivity contribution in [2.45, 2.75) is 25.9 Å². The van der Waals surface area contributed by atoms with Gasteiger partial charge in [0, 0.05) is 45.8 Å². The van der Waals surface area contributed by atoms with Crippen LogP contribution in [0.1, 0.15) is 18.7 Å². The molecule has 0 amide bonds. The molecule has 0 aromatic carbocycles. The topological polar surface area (TPSA) is 39.5 Å². The number of nitrogens with zero attached hydrogens (tertiary/aromatic N) is 3. The highest BCUT2D eigenvalue weighted by Gasteiger charge is 2.16. The van der Waals surface area contributed by atoms with Gasteiger partial charge in [0.05, 0.1) is 13.2 Å². The summed E-state index contributed by atoms with van der Waals surface area (Å²) >= 11 is 0. The highest BCUT2D eigenvalue weighted by Crippen LogP contribution is 2.16. The minimum Gasteiger partial charge on any atom is -0.383 e. The molecule has 1 aromatic heterocycles. The smallest absolute Gasteiger partial charge is 0.122 e. The van der Waals surface area contributed by atoms with Crippen molar-refractivity contribution in [2.75, 3.05) is 40.5 Å². The van der Waals surface area contributed by atoms with Crippen molar-refractivity contribution in [3.63, 3.8) is 0 Å². The van der Waals surface area contributed by atoms with Gasteiger partial charge in [0.2, 0.25) is 0 Å². The van der Waals surface area contributed by atoms with Crippen LogP contribution in [-0.4, -0.2) is 55.0 Å². The Bertz CT molecular complexity index is 361. The first kappa shape index (κ1) is 14.5. The number of rotatable bonds is 7. The molecule has 0 atom stereocenters. The number of ether oxygens (including phenoxy) is 2. The number of hydrogen-bond acceptors (Lipinski definition) is 4. The lowest BCUT2D eigenvalue weighted by Gasteiger charge is -2.27. The van der Waals surface area contributed by atoms with Gasteiger partial charge >= 0.3 is 0 Å². The van der Waals surface area contributed by atoms with Crippen LogP contribution in [0.3, 0.4) is 0 Å². The maximum atomic E-state index is 5.40. The fourth-order valence-electron chi connectivity index (χ4n) is 2.56. The summed E-state index contributed by atoms with van der Waals surface area (Å²) < 4.78 is 12.7. The Labute approximate surface area is 115 Å². The molecule has 1 aliphatic heterocycles. The van der Waals surface area contributed by atoms with E-state index in [0.717, 1.165) is 51.2 Å². The van der Waals surface area contributed by atoms with Gasteiger partial charge in [0.25, 0.3) is 0 Å². The lowest BCUT2D eigenvalue weighted by molar-refractivity contribution is 0.0545. The van der Waals surface area contributed by atoms with Gasteiger partial charge < -0.3 is 14.0 Å². The second-order valence-corrected chi connectivity index (χ2v) is 5.28. The highest BCUT2D eigenvalue weighted by molar-refractivity contribution is 4.92. The molecule has 1 aromatic rings. The molecule has 108 valence electrons. The Morgan fingerprint density at radius 1 is 1.47 bits per heavy atom. The Morgan fingerprint density at radius 3 is 3.00 bits per heavy atom. The van der Waals surface area contributed by atoms with Crippen LogP contribution >= 0.6 is 0 Å². The van der Waals surface area contributed by atoms with Crippen LogP contribution in [-0.2, 0) is 22.6 Å². The zero-order chi connectivity index (χ0) is 13.5. The van der Waals surface area contributed by atoms with Gasteiger partial charge in [-0.15, -0.1) is 0 Å². The van der Waals surface area contributed by atoms with Crippen LogP contribution in [0.4, 0.5) is 0 Å². The number of imidazole rings is 1. The van der Waals surface area contributed by atoms with Crippen molar-refractivity contribution in [3.8, 4) is 0 Å². The molecule has 0 radical (unpaired) electrons. The fraction of sp³-hybridized carbons (Fsp3) is 0.786. The summed E-state index contributed by atoms with van der Waals surface area (Å²) in [6.45, 7) is 5.46. The molecule has 0 saturated carbocycles. The molecule has 5 nitrogen and oxygen atoms in total.